The molecule has 1 aromatic carbocycles. The Morgan fingerprint density at radius 2 is 1.86 bits per heavy atom. The first-order chi connectivity index (χ1) is 16.9. The number of benzene rings is 1. The summed E-state index contributed by atoms with van der Waals surface area (Å²) in [5, 5.41) is 19.4. The highest BCUT2D eigenvalue weighted by Gasteiger charge is 2.27. The molecule has 4 rings (SSSR count). The van der Waals surface area contributed by atoms with Gasteiger partial charge < -0.3 is 14.8 Å². The van der Waals surface area contributed by atoms with Crippen LogP contribution in [0.2, 0.25) is 0 Å². The van der Waals surface area contributed by atoms with Crippen LogP contribution in [0, 0.1) is 6.92 Å². The zero-order valence-electron chi connectivity index (χ0n) is 19.1. The molecule has 180 valence electrons. The van der Waals surface area contributed by atoms with Crippen molar-refractivity contribution in [2.75, 3.05) is 19.0 Å². The lowest BCUT2D eigenvalue weighted by atomic mass is 10.1. The van der Waals surface area contributed by atoms with Crippen LogP contribution in [0.5, 0.6) is 0 Å². The second-order valence-electron chi connectivity index (χ2n) is 7.16. The summed E-state index contributed by atoms with van der Waals surface area (Å²) < 4.78 is 11.3. The molecule has 0 saturated carbocycles. The topological polar surface area (TPSA) is 143 Å². The van der Waals surface area contributed by atoms with E-state index in [0.717, 1.165) is 16.9 Å². The summed E-state index contributed by atoms with van der Waals surface area (Å²) in [6.07, 6.45) is 1.59. The Balaban J connectivity index is 1.50. The monoisotopic (exact) mass is 495 g/mol. The van der Waals surface area contributed by atoms with E-state index >= 15 is 0 Å². The summed E-state index contributed by atoms with van der Waals surface area (Å²) in [7, 11) is 1.22. The molecule has 1 N–H and O–H groups in total. The highest BCUT2D eigenvalue weighted by molar-refractivity contribution is 7.18. The molecular weight excluding hydrogens is 474 g/mol. The predicted octanol–water partition coefficient (Wildman–Crippen LogP) is 2.63. The number of ether oxygens (including phenoxy) is 2. The number of esters is 2. The lowest BCUT2D eigenvalue weighted by molar-refractivity contribution is 0.0531. The van der Waals surface area contributed by atoms with Crippen molar-refractivity contribution in [3.8, 4) is 11.4 Å². The first kappa shape index (κ1) is 23.8. The number of hydrogen-bond donors (Lipinski definition) is 1. The highest BCUT2D eigenvalue weighted by Crippen LogP contribution is 2.34. The van der Waals surface area contributed by atoms with Crippen molar-refractivity contribution in [3.05, 3.63) is 64.3 Å². The summed E-state index contributed by atoms with van der Waals surface area (Å²) in [5.41, 5.74) is 1.38. The molecule has 0 aliphatic heterocycles. The number of nitrogens with one attached hydrogen (secondary N) is 1. The van der Waals surface area contributed by atoms with Gasteiger partial charge in [-0.15, -0.1) is 26.3 Å². The quantitative estimate of drug-likeness (QED) is 0.365. The van der Waals surface area contributed by atoms with Crippen molar-refractivity contribution < 1.29 is 23.9 Å². The van der Waals surface area contributed by atoms with E-state index in [-0.39, 0.29) is 34.4 Å². The van der Waals surface area contributed by atoms with Gasteiger partial charge in [-0.05, 0) is 30.7 Å². The molecule has 3 heterocycles. The summed E-state index contributed by atoms with van der Waals surface area (Å²) in [6, 6.07) is 10.9. The molecule has 0 bridgehead atoms. The Kier molecular flexibility index (Phi) is 6.96. The number of hydrogen-bond acceptors (Lipinski definition) is 10. The van der Waals surface area contributed by atoms with Crippen LogP contribution in [0.1, 0.15) is 43.0 Å². The molecule has 0 saturated heterocycles. The molecule has 0 aliphatic rings. The second-order valence-corrected chi connectivity index (χ2v) is 8.18. The number of carbonyl (C=O) groups excluding carboxylic acids is 3. The number of amides is 1. The van der Waals surface area contributed by atoms with Crippen LogP contribution in [0.3, 0.4) is 0 Å². The van der Waals surface area contributed by atoms with Crippen LogP contribution >= 0.6 is 11.3 Å². The number of tetrazole rings is 1. The van der Waals surface area contributed by atoms with E-state index in [1.54, 1.807) is 20.0 Å². The lowest BCUT2D eigenvalue weighted by Crippen LogP contribution is -2.17. The molecule has 0 spiro atoms. The molecule has 0 atom stereocenters. The normalized spacial score (nSPS) is 10.7. The highest BCUT2D eigenvalue weighted by atomic mass is 32.1. The fraction of sp³-hybridized carbons (Fsp3) is 0.227. The van der Waals surface area contributed by atoms with E-state index in [2.05, 4.69) is 25.8 Å². The number of thiophene rings is 1. The molecule has 12 nitrogen and oxygen atoms in total. The molecule has 1 amide bonds. The largest absolute Gasteiger partial charge is 0.465 e. The Morgan fingerprint density at radius 3 is 2.57 bits per heavy atom. The van der Waals surface area contributed by atoms with Gasteiger partial charge in [0.15, 0.2) is 12.4 Å². The van der Waals surface area contributed by atoms with Crippen molar-refractivity contribution in [1.82, 2.24) is 30.0 Å². The van der Waals surface area contributed by atoms with Crippen LogP contribution in [0.25, 0.3) is 11.4 Å². The molecule has 0 fully saturated rings. The third-order valence-corrected chi connectivity index (χ3v) is 6.04. The van der Waals surface area contributed by atoms with Crippen LogP contribution in [0.4, 0.5) is 5.00 Å². The number of anilines is 1. The maximum atomic E-state index is 12.8. The minimum atomic E-state index is -0.679. The Labute approximate surface area is 203 Å². The van der Waals surface area contributed by atoms with E-state index in [1.807, 2.05) is 30.3 Å². The summed E-state index contributed by atoms with van der Waals surface area (Å²) >= 11 is 0.937. The SMILES string of the molecule is CCOC(=O)c1sc(NC(=O)c2ccn(Cn3nnc(-c4ccccc4)n3)n2)c(C(=O)OC)c1C. The Bertz CT molecular complexity index is 1380. The van der Waals surface area contributed by atoms with Crippen molar-refractivity contribution in [2.45, 2.75) is 20.5 Å². The van der Waals surface area contributed by atoms with Crippen molar-refractivity contribution in [1.29, 1.82) is 0 Å². The molecular formula is C22H21N7O5S. The van der Waals surface area contributed by atoms with Crippen molar-refractivity contribution in [3.63, 3.8) is 0 Å². The third kappa shape index (κ3) is 5.09. The van der Waals surface area contributed by atoms with Gasteiger partial charge in [-0.2, -0.15) is 5.10 Å². The molecule has 0 unspecified atom stereocenters. The van der Waals surface area contributed by atoms with Gasteiger partial charge >= 0.3 is 11.9 Å². The number of methoxy groups -OCH3 is 1. The first-order valence-corrected chi connectivity index (χ1v) is 11.3. The maximum Gasteiger partial charge on any atom is 0.348 e. The Morgan fingerprint density at radius 1 is 1.09 bits per heavy atom. The van der Waals surface area contributed by atoms with Gasteiger partial charge in [0.25, 0.3) is 5.91 Å². The van der Waals surface area contributed by atoms with E-state index in [4.69, 9.17) is 9.47 Å². The summed E-state index contributed by atoms with van der Waals surface area (Å²) in [6.45, 7) is 3.58. The minimum absolute atomic E-state index is 0.0907. The van der Waals surface area contributed by atoms with Crippen LogP contribution in [-0.2, 0) is 16.1 Å². The molecule has 3 aromatic heterocycles. The van der Waals surface area contributed by atoms with Gasteiger partial charge in [-0.1, -0.05) is 30.3 Å². The second kappa shape index (κ2) is 10.3. The van der Waals surface area contributed by atoms with Crippen LogP contribution in [-0.4, -0.2) is 61.6 Å². The first-order valence-electron chi connectivity index (χ1n) is 10.5. The lowest BCUT2D eigenvalue weighted by Gasteiger charge is -2.05. The molecule has 0 aliphatic carbocycles. The zero-order valence-corrected chi connectivity index (χ0v) is 19.9. The zero-order chi connectivity index (χ0) is 24.9. The number of rotatable bonds is 8. The van der Waals surface area contributed by atoms with Gasteiger partial charge in [0.05, 0.1) is 19.3 Å². The van der Waals surface area contributed by atoms with Gasteiger partial charge in [0.1, 0.15) is 9.88 Å². The third-order valence-electron chi connectivity index (χ3n) is 4.85. The van der Waals surface area contributed by atoms with Crippen molar-refractivity contribution in [2.24, 2.45) is 0 Å². The molecule has 35 heavy (non-hydrogen) atoms. The van der Waals surface area contributed by atoms with E-state index in [1.165, 1.54) is 22.7 Å². The van der Waals surface area contributed by atoms with Crippen molar-refractivity contribution >= 4 is 34.2 Å². The van der Waals surface area contributed by atoms with E-state index in [0.29, 0.717) is 11.4 Å². The fourth-order valence-electron chi connectivity index (χ4n) is 3.20. The predicted molar refractivity (Wildman–Crippen MR) is 125 cm³/mol. The number of carbonyl (C=O) groups is 3. The standard InChI is InChI=1S/C22H21N7O5S/c1-4-34-22(32)17-13(2)16(21(31)33-3)20(35-17)23-19(30)15-10-11-28(25-15)12-29-26-18(24-27-29)14-8-6-5-7-9-14/h5-11H,4,12H2,1-3H3,(H,23,30). The number of aromatic nitrogens is 6. The minimum Gasteiger partial charge on any atom is -0.465 e. The maximum absolute atomic E-state index is 12.8. The summed E-state index contributed by atoms with van der Waals surface area (Å²) in [5.74, 6) is -1.36. The Hall–Kier alpha value is -4.39. The van der Waals surface area contributed by atoms with Crippen LogP contribution in [0.15, 0.2) is 42.6 Å². The van der Waals surface area contributed by atoms with E-state index in [9.17, 15) is 14.4 Å². The molecule has 0 radical (unpaired) electrons. The smallest absolute Gasteiger partial charge is 0.348 e. The average Bonchev–Trinajstić information content (AvgIpc) is 3.59. The van der Waals surface area contributed by atoms with Gasteiger partial charge in [-0.3, -0.25) is 4.79 Å². The van der Waals surface area contributed by atoms with Gasteiger partial charge in [0.2, 0.25) is 5.82 Å². The van der Waals surface area contributed by atoms with Crippen LogP contribution < -0.4 is 5.32 Å². The summed E-state index contributed by atoms with van der Waals surface area (Å²) in [4.78, 5) is 39.0. The number of nitrogens with zero attached hydrogens (tertiary/aromatic N) is 6. The average molecular weight is 496 g/mol. The molecule has 4 aromatic rings. The van der Waals surface area contributed by atoms with Gasteiger partial charge in [0, 0.05) is 11.8 Å². The van der Waals surface area contributed by atoms with E-state index < -0.39 is 17.8 Å². The van der Waals surface area contributed by atoms with Gasteiger partial charge in [-0.25, -0.2) is 14.3 Å². The fourth-order valence-corrected chi connectivity index (χ4v) is 4.29. The molecule has 13 heteroatoms.